The first-order valence-electron chi connectivity index (χ1n) is 8.67. The Bertz CT molecular complexity index is 875. The zero-order chi connectivity index (χ0) is 20.6. The van der Waals surface area contributed by atoms with Crippen LogP contribution in [0, 0.1) is 0 Å². The van der Waals surface area contributed by atoms with Crippen LogP contribution in [0.3, 0.4) is 0 Å². The van der Waals surface area contributed by atoms with Crippen LogP contribution in [0.1, 0.15) is 11.1 Å². The maximum Gasteiger partial charge on any atom is 0.124 e. The van der Waals surface area contributed by atoms with Crippen molar-refractivity contribution in [2.45, 2.75) is 22.6 Å². The molecule has 0 aliphatic rings. The van der Waals surface area contributed by atoms with Crippen molar-refractivity contribution in [1.29, 1.82) is 0 Å². The molecule has 0 spiro atoms. The minimum Gasteiger partial charge on any atom is -0.744 e. The Kier molecular flexibility index (Phi) is 8.10. The molecule has 0 aliphatic carbocycles. The third-order valence-corrected chi connectivity index (χ3v) is 5.78. The minimum absolute atomic E-state index is 0.224. The van der Waals surface area contributed by atoms with Crippen molar-refractivity contribution >= 4 is 20.2 Å². The Labute approximate surface area is 165 Å². The number of benzene rings is 2. The first kappa shape index (κ1) is 22.5. The van der Waals surface area contributed by atoms with Gasteiger partial charge in [-0.15, -0.1) is 0 Å². The number of hydrogen-bond donors (Lipinski definition) is 2. The van der Waals surface area contributed by atoms with E-state index in [0.29, 0.717) is 12.8 Å². The molecule has 0 saturated heterocycles. The summed E-state index contributed by atoms with van der Waals surface area (Å²) in [6.07, 6.45) is 1.43. The van der Waals surface area contributed by atoms with Crippen molar-refractivity contribution in [2.24, 2.45) is 0 Å². The van der Waals surface area contributed by atoms with Crippen molar-refractivity contribution in [3.8, 4) is 0 Å². The molecule has 2 aromatic rings. The lowest BCUT2D eigenvalue weighted by atomic mass is 10.1. The molecule has 0 aliphatic heterocycles. The van der Waals surface area contributed by atoms with Crippen LogP contribution in [0.15, 0.2) is 58.3 Å². The normalized spacial score (nSPS) is 12.2. The molecule has 28 heavy (non-hydrogen) atoms. The van der Waals surface area contributed by atoms with Gasteiger partial charge in [-0.05, 0) is 61.3 Å². The van der Waals surface area contributed by atoms with E-state index in [9.17, 15) is 25.9 Å². The molecule has 0 heterocycles. The molecule has 8 nitrogen and oxygen atoms in total. The van der Waals surface area contributed by atoms with Crippen LogP contribution in [-0.4, -0.2) is 52.1 Å². The molecule has 0 fully saturated rings. The SMILES string of the molecule is O=S(=O)([O-])c1ccc(CCNCCNCCc2ccc(S(=O)(=O)[O-])cc2)cc1. The van der Waals surface area contributed by atoms with Gasteiger partial charge in [-0.3, -0.25) is 0 Å². The summed E-state index contributed by atoms with van der Waals surface area (Å²) in [7, 11) is -8.80. The van der Waals surface area contributed by atoms with Gasteiger partial charge in [-0.25, -0.2) is 16.8 Å². The van der Waals surface area contributed by atoms with E-state index in [1.54, 1.807) is 24.3 Å². The van der Waals surface area contributed by atoms with E-state index in [4.69, 9.17) is 0 Å². The van der Waals surface area contributed by atoms with Crippen molar-refractivity contribution < 1.29 is 25.9 Å². The maximum atomic E-state index is 10.9. The summed E-state index contributed by atoms with van der Waals surface area (Å²) in [5.41, 5.74) is 1.88. The molecular formula is C18H22N2O6S2-2. The second kappa shape index (κ2) is 10.1. The zero-order valence-corrected chi connectivity index (χ0v) is 16.8. The Morgan fingerprint density at radius 2 is 0.893 bits per heavy atom. The summed E-state index contributed by atoms with van der Waals surface area (Å²) >= 11 is 0. The summed E-state index contributed by atoms with van der Waals surface area (Å²) in [6.45, 7) is 2.94. The van der Waals surface area contributed by atoms with Gasteiger partial charge in [-0.1, -0.05) is 24.3 Å². The Morgan fingerprint density at radius 3 is 1.18 bits per heavy atom. The third-order valence-electron chi connectivity index (χ3n) is 4.08. The van der Waals surface area contributed by atoms with Crippen LogP contribution in [0.4, 0.5) is 0 Å². The summed E-state index contributed by atoms with van der Waals surface area (Å²) < 4.78 is 65.2. The van der Waals surface area contributed by atoms with E-state index in [-0.39, 0.29) is 9.79 Å². The maximum absolute atomic E-state index is 10.9. The monoisotopic (exact) mass is 426 g/mol. The zero-order valence-electron chi connectivity index (χ0n) is 15.1. The molecule has 10 heteroatoms. The number of hydrogen-bond acceptors (Lipinski definition) is 8. The lowest BCUT2D eigenvalue weighted by molar-refractivity contribution is 0.461. The Morgan fingerprint density at radius 1 is 0.571 bits per heavy atom. The fourth-order valence-electron chi connectivity index (χ4n) is 2.54. The highest BCUT2D eigenvalue weighted by Crippen LogP contribution is 2.11. The smallest absolute Gasteiger partial charge is 0.124 e. The second-order valence-electron chi connectivity index (χ2n) is 6.20. The topological polar surface area (TPSA) is 138 Å². The predicted molar refractivity (Wildman–Crippen MR) is 102 cm³/mol. The predicted octanol–water partition coefficient (Wildman–Crippen LogP) is 0.459. The fraction of sp³-hybridized carbons (Fsp3) is 0.333. The standard InChI is InChI=1S/C18H24N2O6S2/c21-27(22,23)17-5-1-15(2-6-17)9-11-19-13-14-20-12-10-16-3-7-18(8-4-16)28(24,25)26/h1-8,19-20H,9-14H2,(H,21,22,23)(H,24,25,26)/p-2. The van der Waals surface area contributed by atoms with Gasteiger partial charge in [0, 0.05) is 13.1 Å². The molecule has 0 radical (unpaired) electrons. The molecular weight excluding hydrogens is 404 g/mol. The first-order chi connectivity index (χ1) is 13.2. The summed E-state index contributed by atoms with van der Waals surface area (Å²) in [5.74, 6) is 0. The number of rotatable bonds is 11. The largest absolute Gasteiger partial charge is 0.744 e. The molecule has 0 aromatic heterocycles. The lowest BCUT2D eigenvalue weighted by Crippen LogP contribution is -2.29. The van der Waals surface area contributed by atoms with E-state index in [0.717, 1.165) is 37.3 Å². The van der Waals surface area contributed by atoms with Gasteiger partial charge in [0.2, 0.25) is 0 Å². The van der Waals surface area contributed by atoms with Crippen molar-refractivity contribution in [3.05, 3.63) is 59.7 Å². The van der Waals surface area contributed by atoms with Crippen molar-refractivity contribution in [1.82, 2.24) is 10.6 Å². The molecule has 2 aromatic carbocycles. The molecule has 0 bridgehead atoms. The lowest BCUT2D eigenvalue weighted by Gasteiger charge is -2.10. The minimum atomic E-state index is -4.40. The van der Waals surface area contributed by atoms with Crippen LogP contribution in [0.25, 0.3) is 0 Å². The molecule has 0 atom stereocenters. The molecule has 0 unspecified atom stereocenters. The number of nitrogens with one attached hydrogen (secondary N) is 2. The molecule has 2 rings (SSSR count). The highest BCUT2D eigenvalue weighted by atomic mass is 32.2. The Hall–Kier alpha value is -1.82. The summed E-state index contributed by atoms with van der Waals surface area (Å²) in [4.78, 5) is -0.449. The average Bonchev–Trinajstić information content (AvgIpc) is 2.63. The van der Waals surface area contributed by atoms with Crippen LogP contribution >= 0.6 is 0 Å². The van der Waals surface area contributed by atoms with Gasteiger partial charge in [0.1, 0.15) is 20.2 Å². The molecule has 2 N–H and O–H groups in total. The van der Waals surface area contributed by atoms with Gasteiger partial charge in [0.25, 0.3) is 0 Å². The van der Waals surface area contributed by atoms with Crippen LogP contribution < -0.4 is 10.6 Å². The fourth-order valence-corrected chi connectivity index (χ4v) is 3.48. The first-order valence-corrected chi connectivity index (χ1v) is 11.5. The second-order valence-corrected chi connectivity index (χ2v) is 8.96. The van der Waals surface area contributed by atoms with E-state index in [1.165, 1.54) is 24.3 Å². The van der Waals surface area contributed by atoms with E-state index in [1.807, 2.05) is 0 Å². The molecule has 0 amide bonds. The van der Waals surface area contributed by atoms with Crippen molar-refractivity contribution in [2.75, 3.05) is 26.2 Å². The molecule has 0 saturated carbocycles. The van der Waals surface area contributed by atoms with Gasteiger partial charge in [0.05, 0.1) is 9.79 Å². The third kappa shape index (κ3) is 7.66. The van der Waals surface area contributed by atoms with E-state index < -0.39 is 20.2 Å². The van der Waals surface area contributed by atoms with Crippen LogP contribution in [0.5, 0.6) is 0 Å². The van der Waals surface area contributed by atoms with Gasteiger partial charge < -0.3 is 19.7 Å². The van der Waals surface area contributed by atoms with E-state index in [2.05, 4.69) is 10.6 Å². The van der Waals surface area contributed by atoms with Gasteiger partial charge >= 0.3 is 0 Å². The van der Waals surface area contributed by atoms with Crippen LogP contribution in [0.2, 0.25) is 0 Å². The average molecular weight is 427 g/mol. The van der Waals surface area contributed by atoms with Crippen molar-refractivity contribution in [3.63, 3.8) is 0 Å². The van der Waals surface area contributed by atoms with Crippen LogP contribution in [-0.2, 0) is 33.1 Å². The quantitative estimate of drug-likeness (QED) is 0.390. The van der Waals surface area contributed by atoms with E-state index >= 15 is 0 Å². The van der Waals surface area contributed by atoms with Gasteiger partial charge in [0.15, 0.2) is 0 Å². The highest BCUT2D eigenvalue weighted by molar-refractivity contribution is 7.86. The highest BCUT2D eigenvalue weighted by Gasteiger charge is 2.02. The summed E-state index contributed by atoms with van der Waals surface area (Å²) in [6, 6.07) is 11.8. The molecule has 154 valence electrons. The van der Waals surface area contributed by atoms with Gasteiger partial charge in [-0.2, -0.15) is 0 Å². The summed E-state index contributed by atoms with van der Waals surface area (Å²) in [5, 5.41) is 6.52. The Balaban J connectivity index is 1.57.